The molecule has 1 aliphatic rings. The van der Waals surface area contributed by atoms with Gasteiger partial charge in [0.2, 0.25) is 6.67 Å². The number of para-hydroxylation sites is 2. The molecular weight excluding hydrogens is 516 g/mol. The minimum absolute atomic E-state index is 0. The zero-order valence-corrected chi connectivity index (χ0v) is 23.7. The van der Waals surface area contributed by atoms with E-state index in [4.69, 9.17) is 9.90 Å². The van der Waals surface area contributed by atoms with E-state index in [9.17, 15) is 0 Å². The van der Waals surface area contributed by atoms with Gasteiger partial charge in [-0.15, -0.1) is 0 Å². The molecular formula is C29H41AgN2O2. The maximum Gasteiger partial charge on any atom is 1.00 e. The van der Waals surface area contributed by atoms with Crippen molar-refractivity contribution in [1.29, 1.82) is 0 Å². The molecule has 0 aliphatic carbocycles. The standard InChI is InChI=1S/C27H38N2.C2H4O2.Ag/c1-18(2)22-11-9-12-23(19(3)4)26(22)28-15-16-29(17-28)27-24(20(5)6)13-10-14-25(27)21(7)8;1-2(3)4;/h9-14,18-21H,15-16H2,1-8H3;1H3,(H,3,4);/q;;+1/p-1. The Morgan fingerprint density at radius 3 is 1.15 bits per heavy atom. The van der Waals surface area contributed by atoms with Gasteiger partial charge >= 0.3 is 22.4 Å². The molecule has 4 nitrogen and oxygen atoms in total. The Hall–Kier alpha value is -1.75. The summed E-state index contributed by atoms with van der Waals surface area (Å²) in [4.78, 5) is 13.7. The van der Waals surface area contributed by atoms with E-state index in [0.717, 1.165) is 20.0 Å². The van der Waals surface area contributed by atoms with E-state index in [-0.39, 0.29) is 22.4 Å². The maximum atomic E-state index is 8.89. The molecule has 0 saturated carbocycles. The molecule has 2 aromatic carbocycles. The van der Waals surface area contributed by atoms with Crippen LogP contribution in [0.4, 0.5) is 11.4 Å². The van der Waals surface area contributed by atoms with Crippen LogP contribution in [0.1, 0.15) is 108 Å². The fraction of sp³-hybridized carbons (Fsp3) is 0.517. The minimum atomic E-state index is -1.08. The Morgan fingerprint density at radius 2 is 0.941 bits per heavy atom. The molecule has 3 rings (SSSR count). The summed E-state index contributed by atoms with van der Waals surface area (Å²) in [5.74, 6) is 0.893. The summed E-state index contributed by atoms with van der Waals surface area (Å²) in [5.41, 5.74) is 8.43. The van der Waals surface area contributed by atoms with Crippen molar-refractivity contribution < 1.29 is 32.3 Å². The number of hydrogen-bond donors (Lipinski definition) is 0. The third-order valence-electron chi connectivity index (χ3n) is 6.01. The molecule has 1 heterocycles. The van der Waals surface area contributed by atoms with Crippen LogP contribution in [0.2, 0.25) is 0 Å². The van der Waals surface area contributed by atoms with Crippen LogP contribution in [0.15, 0.2) is 36.4 Å². The summed E-state index contributed by atoms with van der Waals surface area (Å²) in [5, 5.41) is 8.89. The van der Waals surface area contributed by atoms with E-state index in [2.05, 4.69) is 108 Å². The predicted molar refractivity (Wildman–Crippen MR) is 138 cm³/mol. The number of rotatable bonds is 6. The number of nitrogens with zero attached hydrogens (tertiary/aromatic N) is 2. The van der Waals surface area contributed by atoms with Gasteiger partial charge in [0, 0.05) is 30.4 Å². The van der Waals surface area contributed by atoms with Crippen LogP contribution >= 0.6 is 0 Å². The molecule has 2 aromatic rings. The van der Waals surface area contributed by atoms with E-state index >= 15 is 0 Å². The third-order valence-corrected chi connectivity index (χ3v) is 6.01. The van der Waals surface area contributed by atoms with Crippen LogP contribution in [-0.4, -0.2) is 19.1 Å². The Kier molecular flexibility index (Phi) is 11.9. The van der Waals surface area contributed by atoms with E-state index < -0.39 is 5.97 Å². The van der Waals surface area contributed by atoms with Crippen molar-refractivity contribution in [3.05, 3.63) is 65.3 Å². The van der Waals surface area contributed by atoms with Crippen molar-refractivity contribution in [1.82, 2.24) is 0 Å². The molecule has 1 fully saturated rings. The average molecular weight is 558 g/mol. The molecule has 5 heteroatoms. The van der Waals surface area contributed by atoms with Crippen LogP contribution < -0.4 is 14.9 Å². The molecule has 0 atom stereocenters. The molecule has 0 N–H and O–H groups in total. The van der Waals surface area contributed by atoms with E-state index in [1.807, 2.05) is 0 Å². The first-order chi connectivity index (χ1) is 15.5. The maximum absolute atomic E-state index is 8.89. The monoisotopic (exact) mass is 556 g/mol. The molecule has 190 valence electrons. The second kappa shape index (κ2) is 13.4. The number of carboxylic acid groups (broad SMARTS) is 1. The molecule has 34 heavy (non-hydrogen) atoms. The van der Waals surface area contributed by atoms with Crippen molar-refractivity contribution in [3.63, 3.8) is 0 Å². The van der Waals surface area contributed by atoms with Crippen LogP contribution in [0.3, 0.4) is 0 Å². The number of hydrogen-bond acceptors (Lipinski definition) is 4. The first-order valence-corrected chi connectivity index (χ1v) is 12.2. The van der Waals surface area contributed by atoms with Gasteiger partial charge in [-0.1, -0.05) is 91.8 Å². The SMILES string of the molecule is CC(=O)[O-].CC(C)c1cccc(C(C)C)c1N1[C]N(c2c(C(C)C)cccc2C(C)C)CC1.[Ag+]. The van der Waals surface area contributed by atoms with Crippen LogP contribution in [-0.2, 0) is 27.2 Å². The Morgan fingerprint density at radius 1 is 0.706 bits per heavy atom. The van der Waals surface area contributed by atoms with Crippen LogP contribution in [0, 0.1) is 6.67 Å². The zero-order valence-electron chi connectivity index (χ0n) is 22.2. The number of carbonyl (C=O) groups excluding carboxylic acids is 1. The van der Waals surface area contributed by atoms with Gasteiger partial charge < -0.3 is 19.7 Å². The zero-order chi connectivity index (χ0) is 24.9. The second-order valence-electron chi connectivity index (χ2n) is 10.1. The third kappa shape index (κ3) is 7.37. The first kappa shape index (κ1) is 30.3. The van der Waals surface area contributed by atoms with Crippen molar-refractivity contribution in [3.8, 4) is 0 Å². The second-order valence-corrected chi connectivity index (χ2v) is 10.1. The quantitative estimate of drug-likeness (QED) is 0.394. The summed E-state index contributed by atoms with van der Waals surface area (Å²) in [6.45, 7) is 25.0. The van der Waals surface area contributed by atoms with Gasteiger partial charge in [0.15, 0.2) is 0 Å². The topological polar surface area (TPSA) is 46.6 Å². The van der Waals surface area contributed by atoms with Crippen LogP contribution in [0.25, 0.3) is 0 Å². The Balaban J connectivity index is 0.00000107. The van der Waals surface area contributed by atoms with E-state index in [1.165, 1.54) is 33.6 Å². The fourth-order valence-corrected chi connectivity index (χ4v) is 4.42. The molecule has 1 saturated heterocycles. The number of benzene rings is 2. The number of carbonyl (C=O) groups is 1. The largest absolute Gasteiger partial charge is 1.00 e. The predicted octanol–water partition coefficient (Wildman–Crippen LogP) is 6.26. The van der Waals surface area contributed by atoms with E-state index in [1.54, 1.807) is 0 Å². The molecule has 0 spiro atoms. The summed E-state index contributed by atoms with van der Waals surface area (Å²) in [6.07, 6.45) is 0. The van der Waals surface area contributed by atoms with Gasteiger partial charge in [0.25, 0.3) is 0 Å². The minimum Gasteiger partial charge on any atom is -0.550 e. The molecule has 1 aliphatic heterocycles. The molecule has 0 bridgehead atoms. The number of anilines is 2. The Labute approximate surface area is 223 Å². The van der Waals surface area contributed by atoms with Gasteiger partial charge in [-0.25, -0.2) is 0 Å². The van der Waals surface area contributed by atoms with Gasteiger partial charge in [0.05, 0.1) is 0 Å². The fourth-order valence-electron chi connectivity index (χ4n) is 4.42. The molecule has 0 unspecified atom stereocenters. The van der Waals surface area contributed by atoms with Crippen molar-refractivity contribution >= 4 is 17.3 Å². The van der Waals surface area contributed by atoms with Gasteiger partial charge in [-0.05, 0) is 52.8 Å². The average Bonchev–Trinajstić information content (AvgIpc) is 3.21. The van der Waals surface area contributed by atoms with Crippen molar-refractivity contribution in [2.75, 3.05) is 22.9 Å². The van der Waals surface area contributed by atoms with Gasteiger partial charge in [-0.2, -0.15) is 0 Å². The van der Waals surface area contributed by atoms with Crippen LogP contribution in [0.5, 0.6) is 0 Å². The van der Waals surface area contributed by atoms with Gasteiger partial charge in [0.1, 0.15) is 0 Å². The molecule has 0 aromatic heterocycles. The smallest absolute Gasteiger partial charge is 0.550 e. The summed E-state index contributed by atoms with van der Waals surface area (Å²) < 4.78 is 0. The summed E-state index contributed by atoms with van der Waals surface area (Å²) >= 11 is 0. The van der Waals surface area contributed by atoms with Gasteiger partial charge in [-0.3, -0.25) is 0 Å². The van der Waals surface area contributed by atoms with Crippen molar-refractivity contribution in [2.24, 2.45) is 0 Å². The molecule has 0 amide bonds. The van der Waals surface area contributed by atoms with E-state index in [0.29, 0.717) is 23.7 Å². The number of aliphatic carboxylic acids is 1. The normalized spacial score (nSPS) is 13.4. The molecule has 2 radical (unpaired) electrons. The van der Waals surface area contributed by atoms with Crippen molar-refractivity contribution in [2.45, 2.75) is 86.0 Å². The first-order valence-electron chi connectivity index (χ1n) is 12.2. The summed E-state index contributed by atoms with van der Waals surface area (Å²) in [7, 11) is 0. The Bertz CT molecular complexity index is 812. The summed E-state index contributed by atoms with van der Waals surface area (Å²) in [6, 6.07) is 13.6. The number of carboxylic acids is 1.